The predicted octanol–water partition coefficient (Wildman–Crippen LogP) is 0.103. The van der Waals surface area contributed by atoms with Crippen molar-refractivity contribution in [2.24, 2.45) is 0 Å². The standard InChI is InChI=1S/C10H22N2O2S/c1-4-10-7-11-5-6-12(10)9(2)8-15(3,13)14/h9-11H,4-8H2,1-3H3. The molecular formula is C10H22N2O2S. The van der Waals surface area contributed by atoms with Crippen LogP contribution in [0.4, 0.5) is 0 Å². The van der Waals surface area contributed by atoms with E-state index in [1.807, 2.05) is 6.92 Å². The number of hydrogen-bond donors (Lipinski definition) is 1. The van der Waals surface area contributed by atoms with Gasteiger partial charge in [0.1, 0.15) is 9.84 Å². The molecule has 0 spiro atoms. The first kappa shape index (κ1) is 12.9. The molecule has 2 atom stereocenters. The SMILES string of the molecule is CCC1CNCCN1C(C)CS(C)(=O)=O. The molecule has 1 aliphatic heterocycles. The topological polar surface area (TPSA) is 49.4 Å². The molecule has 1 aliphatic rings. The molecule has 0 bridgehead atoms. The minimum Gasteiger partial charge on any atom is -0.314 e. The number of nitrogens with one attached hydrogen (secondary N) is 1. The van der Waals surface area contributed by atoms with Gasteiger partial charge in [0, 0.05) is 38.0 Å². The van der Waals surface area contributed by atoms with E-state index in [0.29, 0.717) is 6.04 Å². The first-order valence-electron chi connectivity index (χ1n) is 5.58. The molecule has 1 N–H and O–H groups in total. The number of nitrogens with zero attached hydrogens (tertiary/aromatic N) is 1. The van der Waals surface area contributed by atoms with E-state index in [0.717, 1.165) is 26.1 Å². The van der Waals surface area contributed by atoms with E-state index < -0.39 is 9.84 Å². The van der Waals surface area contributed by atoms with Gasteiger partial charge in [-0.3, -0.25) is 4.90 Å². The zero-order chi connectivity index (χ0) is 11.5. The lowest BCUT2D eigenvalue weighted by Crippen LogP contribution is -2.55. The van der Waals surface area contributed by atoms with Gasteiger partial charge in [-0.2, -0.15) is 0 Å². The van der Waals surface area contributed by atoms with Gasteiger partial charge in [-0.15, -0.1) is 0 Å². The lowest BCUT2D eigenvalue weighted by Gasteiger charge is -2.39. The van der Waals surface area contributed by atoms with E-state index in [4.69, 9.17) is 0 Å². The van der Waals surface area contributed by atoms with Gasteiger partial charge in [0.2, 0.25) is 0 Å². The second kappa shape index (κ2) is 5.27. The van der Waals surface area contributed by atoms with Crippen molar-refractivity contribution in [3.05, 3.63) is 0 Å². The molecule has 1 heterocycles. The number of hydrogen-bond acceptors (Lipinski definition) is 4. The Balaban J connectivity index is 2.59. The average molecular weight is 234 g/mol. The van der Waals surface area contributed by atoms with Crippen molar-refractivity contribution in [2.45, 2.75) is 32.4 Å². The van der Waals surface area contributed by atoms with Crippen molar-refractivity contribution in [1.82, 2.24) is 10.2 Å². The third kappa shape index (κ3) is 4.09. The minimum absolute atomic E-state index is 0.132. The third-order valence-corrected chi connectivity index (χ3v) is 4.07. The summed E-state index contributed by atoms with van der Waals surface area (Å²) in [6, 6.07) is 0.613. The molecule has 0 saturated carbocycles. The molecule has 1 rings (SSSR count). The van der Waals surface area contributed by atoms with E-state index in [-0.39, 0.29) is 11.8 Å². The molecule has 15 heavy (non-hydrogen) atoms. The van der Waals surface area contributed by atoms with Crippen LogP contribution in [-0.2, 0) is 9.84 Å². The van der Waals surface area contributed by atoms with Crippen LogP contribution in [0.5, 0.6) is 0 Å². The van der Waals surface area contributed by atoms with E-state index in [1.165, 1.54) is 6.26 Å². The monoisotopic (exact) mass is 234 g/mol. The Morgan fingerprint density at radius 3 is 2.73 bits per heavy atom. The normalized spacial score (nSPS) is 26.5. The van der Waals surface area contributed by atoms with Crippen LogP contribution in [0.3, 0.4) is 0 Å². The summed E-state index contributed by atoms with van der Waals surface area (Å²) >= 11 is 0. The van der Waals surface area contributed by atoms with E-state index in [1.54, 1.807) is 0 Å². The number of piperazine rings is 1. The Morgan fingerprint density at radius 2 is 2.20 bits per heavy atom. The molecule has 0 aromatic heterocycles. The van der Waals surface area contributed by atoms with Crippen molar-refractivity contribution >= 4 is 9.84 Å². The molecule has 1 saturated heterocycles. The van der Waals surface area contributed by atoms with Gasteiger partial charge in [-0.1, -0.05) is 6.92 Å². The predicted molar refractivity (Wildman–Crippen MR) is 62.8 cm³/mol. The van der Waals surface area contributed by atoms with Gasteiger partial charge in [0.15, 0.2) is 0 Å². The fourth-order valence-electron chi connectivity index (χ4n) is 2.27. The van der Waals surface area contributed by atoms with Crippen molar-refractivity contribution in [2.75, 3.05) is 31.6 Å². The van der Waals surface area contributed by atoms with Crippen LogP contribution < -0.4 is 5.32 Å². The van der Waals surface area contributed by atoms with Crippen LogP contribution >= 0.6 is 0 Å². The van der Waals surface area contributed by atoms with E-state index in [2.05, 4.69) is 17.1 Å². The maximum absolute atomic E-state index is 11.2. The van der Waals surface area contributed by atoms with Gasteiger partial charge in [0.25, 0.3) is 0 Å². The molecule has 2 unspecified atom stereocenters. The molecule has 0 aromatic rings. The first-order chi connectivity index (χ1) is 6.94. The van der Waals surface area contributed by atoms with Crippen molar-refractivity contribution < 1.29 is 8.42 Å². The zero-order valence-electron chi connectivity index (χ0n) is 9.86. The van der Waals surface area contributed by atoms with E-state index in [9.17, 15) is 8.42 Å². The van der Waals surface area contributed by atoms with Gasteiger partial charge < -0.3 is 5.32 Å². The fraction of sp³-hybridized carbons (Fsp3) is 1.00. The third-order valence-electron chi connectivity index (χ3n) is 2.98. The molecule has 5 heteroatoms. The lowest BCUT2D eigenvalue weighted by molar-refractivity contribution is 0.122. The van der Waals surface area contributed by atoms with Crippen molar-refractivity contribution in [1.29, 1.82) is 0 Å². The van der Waals surface area contributed by atoms with Crippen molar-refractivity contribution in [3.8, 4) is 0 Å². The molecule has 0 aliphatic carbocycles. The summed E-state index contributed by atoms with van der Waals surface area (Å²) in [6.07, 6.45) is 2.38. The Kier molecular flexibility index (Phi) is 4.55. The van der Waals surface area contributed by atoms with Crippen LogP contribution in [0.2, 0.25) is 0 Å². The number of rotatable bonds is 4. The van der Waals surface area contributed by atoms with Crippen LogP contribution in [0, 0.1) is 0 Å². The molecular weight excluding hydrogens is 212 g/mol. The number of sulfone groups is 1. The maximum Gasteiger partial charge on any atom is 0.148 e. The van der Waals surface area contributed by atoms with Crippen LogP contribution in [0.1, 0.15) is 20.3 Å². The van der Waals surface area contributed by atoms with Crippen LogP contribution in [-0.4, -0.2) is 57.0 Å². The molecule has 90 valence electrons. The highest BCUT2D eigenvalue weighted by molar-refractivity contribution is 7.90. The fourth-order valence-corrected chi connectivity index (χ4v) is 3.34. The Bertz CT molecular complexity index is 290. The summed E-state index contributed by atoms with van der Waals surface area (Å²) in [5.74, 6) is 0.267. The molecule has 0 aromatic carbocycles. The Morgan fingerprint density at radius 1 is 1.53 bits per heavy atom. The summed E-state index contributed by atoms with van der Waals surface area (Å²) < 4.78 is 22.5. The van der Waals surface area contributed by atoms with Crippen LogP contribution in [0.15, 0.2) is 0 Å². The highest BCUT2D eigenvalue weighted by atomic mass is 32.2. The maximum atomic E-state index is 11.2. The van der Waals surface area contributed by atoms with Gasteiger partial charge in [-0.05, 0) is 13.3 Å². The van der Waals surface area contributed by atoms with Gasteiger partial charge in [-0.25, -0.2) is 8.42 Å². The minimum atomic E-state index is -2.87. The highest BCUT2D eigenvalue weighted by Gasteiger charge is 2.26. The smallest absolute Gasteiger partial charge is 0.148 e. The van der Waals surface area contributed by atoms with E-state index >= 15 is 0 Å². The van der Waals surface area contributed by atoms with Crippen molar-refractivity contribution in [3.63, 3.8) is 0 Å². The second-order valence-electron chi connectivity index (χ2n) is 4.45. The molecule has 1 fully saturated rings. The average Bonchev–Trinajstić information content (AvgIpc) is 2.15. The largest absolute Gasteiger partial charge is 0.314 e. The summed E-state index contributed by atoms with van der Waals surface area (Å²) in [6.45, 7) is 7.05. The van der Waals surface area contributed by atoms with Gasteiger partial charge in [0.05, 0.1) is 5.75 Å². The Labute approximate surface area is 93.0 Å². The summed E-state index contributed by atoms with van der Waals surface area (Å²) in [7, 11) is -2.87. The van der Waals surface area contributed by atoms with Crippen LogP contribution in [0.25, 0.3) is 0 Å². The lowest BCUT2D eigenvalue weighted by atomic mass is 10.1. The summed E-state index contributed by atoms with van der Waals surface area (Å²) in [4.78, 5) is 2.32. The summed E-state index contributed by atoms with van der Waals surface area (Å²) in [5.41, 5.74) is 0. The second-order valence-corrected chi connectivity index (χ2v) is 6.63. The molecule has 0 amide bonds. The Hall–Kier alpha value is -0.130. The molecule has 4 nitrogen and oxygen atoms in total. The highest BCUT2D eigenvalue weighted by Crippen LogP contribution is 2.12. The van der Waals surface area contributed by atoms with Gasteiger partial charge >= 0.3 is 0 Å². The summed E-state index contributed by atoms with van der Waals surface area (Å²) in [5, 5.41) is 3.34. The molecule has 0 radical (unpaired) electrons. The quantitative estimate of drug-likeness (QED) is 0.750. The first-order valence-corrected chi connectivity index (χ1v) is 7.64. The zero-order valence-corrected chi connectivity index (χ0v) is 10.7.